The van der Waals surface area contributed by atoms with Gasteiger partial charge in [0, 0.05) is 43.8 Å². The minimum atomic E-state index is -0.441. The SMILES string of the molecule is N#CCc1c(-c2ccccc2)c2ccccc2oc1=O.N#CCc1c(-c2ccccc2)c2ccccc2oc1=O.N#CCc1c(-c2ccccc2)c2ccccc2oc1=O.N#CCc1c(-c2ccccc2)c2ccccc2oc1=O. The first kappa shape index (κ1) is 53.4. The lowest BCUT2D eigenvalue weighted by Gasteiger charge is -2.09. The fourth-order valence-electron chi connectivity index (χ4n) is 9.45. The minimum absolute atomic E-state index is 0.0391. The molecule has 0 radical (unpaired) electrons. The van der Waals surface area contributed by atoms with Crippen molar-refractivity contribution in [3.8, 4) is 68.8 Å². The van der Waals surface area contributed by atoms with Crippen molar-refractivity contribution in [2.75, 3.05) is 0 Å². The molecule has 0 N–H and O–H groups in total. The van der Waals surface area contributed by atoms with Gasteiger partial charge in [0.15, 0.2) is 0 Å². The highest BCUT2D eigenvalue weighted by Crippen LogP contribution is 2.34. The van der Waals surface area contributed by atoms with E-state index in [0.717, 1.165) is 66.1 Å². The molecule has 12 rings (SSSR count). The van der Waals surface area contributed by atoms with Crippen LogP contribution in [0.4, 0.5) is 0 Å². The standard InChI is InChI=1S/4C17H11NO2/c4*18-11-10-14-16(12-6-2-1-3-7-12)13-8-4-5-9-15(13)20-17(14)19/h4*1-9H,10H2. The molecule has 0 amide bonds. The maximum atomic E-state index is 12.1. The van der Waals surface area contributed by atoms with E-state index < -0.39 is 22.5 Å². The van der Waals surface area contributed by atoms with Gasteiger partial charge in [-0.2, -0.15) is 21.0 Å². The number of hydrogen-bond donors (Lipinski definition) is 0. The summed E-state index contributed by atoms with van der Waals surface area (Å²) >= 11 is 0. The lowest BCUT2D eigenvalue weighted by atomic mass is 9.96. The highest BCUT2D eigenvalue weighted by atomic mass is 16.4. The number of benzene rings is 8. The molecule has 4 heterocycles. The molecule has 0 bridgehead atoms. The highest BCUT2D eigenvalue weighted by molar-refractivity contribution is 5.98. The molecule has 0 fully saturated rings. The van der Waals surface area contributed by atoms with Gasteiger partial charge in [0.25, 0.3) is 0 Å². The van der Waals surface area contributed by atoms with Gasteiger partial charge in [0.1, 0.15) is 22.3 Å². The molecule has 4 aromatic heterocycles. The largest absolute Gasteiger partial charge is 0.422 e. The molecule has 80 heavy (non-hydrogen) atoms. The monoisotopic (exact) mass is 1040 g/mol. The molecular weight excluding hydrogens is 1000 g/mol. The summed E-state index contributed by atoms with van der Waals surface area (Å²) in [5.41, 5.74) is 8.89. The Bertz CT molecular complexity index is 4030. The van der Waals surface area contributed by atoms with E-state index in [1.165, 1.54) is 0 Å². The van der Waals surface area contributed by atoms with Crippen LogP contribution in [0.3, 0.4) is 0 Å². The van der Waals surface area contributed by atoms with E-state index in [1.807, 2.05) is 218 Å². The van der Waals surface area contributed by atoms with E-state index in [9.17, 15) is 19.2 Å². The zero-order valence-electron chi connectivity index (χ0n) is 42.7. The number of fused-ring (bicyclic) bond motifs is 4. The zero-order chi connectivity index (χ0) is 55.8. The molecule has 0 aliphatic rings. The van der Waals surface area contributed by atoms with Crippen molar-refractivity contribution >= 4 is 43.9 Å². The topological polar surface area (TPSA) is 216 Å². The average molecular weight is 1050 g/mol. The number of para-hydroxylation sites is 4. The van der Waals surface area contributed by atoms with Gasteiger partial charge in [-0.25, -0.2) is 19.2 Å². The summed E-state index contributed by atoms with van der Waals surface area (Å²) in [5, 5.41) is 39.2. The Balaban J connectivity index is 0.000000129. The second kappa shape index (κ2) is 25.4. The molecule has 0 saturated carbocycles. The Kier molecular flexibility index (Phi) is 16.9. The Hall–Kier alpha value is -11.4. The fraction of sp³-hybridized carbons (Fsp3) is 0.0588. The van der Waals surface area contributed by atoms with E-state index in [1.54, 1.807) is 24.3 Å². The van der Waals surface area contributed by atoms with E-state index in [0.29, 0.717) is 44.6 Å². The van der Waals surface area contributed by atoms with Crippen molar-refractivity contribution in [1.29, 1.82) is 21.0 Å². The van der Waals surface area contributed by atoms with Gasteiger partial charge >= 0.3 is 22.5 Å². The first-order chi connectivity index (χ1) is 39.2. The first-order valence-electron chi connectivity index (χ1n) is 25.1. The summed E-state index contributed by atoms with van der Waals surface area (Å²) in [6.07, 6.45) is 0.156. The second-order valence-electron chi connectivity index (χ2n) is 17.8. The van der Waals surface area contributed by atoms with Crippen LogP contribution in [-0.2, 0) is 25.7 Å². The number of nitrogens with zero attached hydrogens (tertiary/aromatic N) is 4. The maximum absolute atomic E-state index is 12.1. The van der Waals surface area contributed by atoms with Crippen molar-refractivity contribution in [2.24, 2.45) is 0 Å². The average Bonchev–Trinajstić information content (AvgIpc) is 3.50. The molecule has 0 spiro atoms. The van der Waals surface area contributed by atoms with E-state index in [-0.39, 0.29) is 25.7 Å². The summed E-state index contributed by atoms with van der Waals surface area (Å²) in [4.78, 5) is 48.4. The van der Waals surface area contributed by atoms with Gasteiger partial charge < -0.3 is 17.7 Å². The molecule has 0 unspecified atom stereocenters. The summed E-state index contributed by atoms with van der Waals surface area (Å²) in [7, 11) is 0. The Morgan fingerprint density at radius 1 is 0.250 bits per heavy atom. The third-order valence-electron chi connectivity index (χ3n) is 12.9. The van der Waals surface area contributed by atoms with Crippen LogP contribution < -0.4 is 22.5 Å². The third kappa shape index (κ3) is 11.7. The van der Waals surface area contributed by atoms with Crippen LogP contribution in [0.25, 0.3) is 88.4 Å². The molecule has 8 aromatic carbocycles. The van der Waals surface area contributed by atoms with Crippen molar-refractivity contribution in [3.63, 3.8) is 0 Å². The van der Waals surface area contributed by atoms with Crippen LogP contribution in [0, 0.1) is 45.3 Å². The predicted octanol–water partition coefficient (Wildman–Crippen LogP) is 14.1. The van der Waals surface area contributed by atoms with E-state index in [2.05, 4.69) is 0 Å². The smallest absolute Gasteiger partial charge is 0.341 e. The molecule has 384 valence electrons. The van der Waals surface area contributed by atoms with Crippen LogP contribution in [-0.4, -0.2) is 0 Å². The third-order valence-corrected chi connectivity index (χ3v) is 12.9. The van der Waals surface area contributed by atoms with Gasteiger partial charge in [-0.15, -0.1) is 0 Å². The van der Waals surface area contributed by atoms with E-state index in [4.69, 9.17) is 38.7 Å². The van der Waals surface area contributed by atoms with Crippen molar-refractivity contribution in [3.05, 3.63) is 282 Å². The molecule has 12 heteroatoms. The van der Waals surface area contributed by atoms with Crippen LogP contribution in [0.5, 0.6) is 0 Å². The minimum Gasteiger partial charge on any atom is -0.422 e. The summed E-state index contributed by atoms with van der Waals surface area (Å²) in [5.74, 6) is 0. The van der Waals surface area contributed by atoms with Gasteiger partial charge in [-0.1, -0.05) is 194 Å². The Morgan fingerprint density at radius 2 is 0.425 bits per heavy atom. The zero-order valence-corrected chi connectivity index (χ0v) is 42.7. The number of hydrogen-bond acceptors (Lipinski definition) is 12. The quantitative estimate of drug-likeness (QED) is 0.130. The lowest BCUT2D eigenvalue weighted by Crippen LogP contribution is -2.09. The fourth-order valence-corrected chi connectivity index (χ4v) is 9.45. The Labute approximate surface area is 457 Å². The van der Waals surface area contributed by atoms with Crippen LogP contribution in [0.2, 0.25) is 0 Å². The predicted molar refractivity (Wildman–Crippen MR) is 309 cm³/mol. The molecule has 0 aliphatic heterocycles. The van der Waals surface area contributed by atoms with Gasteiger partial charge in [0.2, 0.25) is 0 Å². The Morgan fingerprint density at radius 3 is 0.613 bits per heavy atom. The molecule has 0 saturated heterocycles. The van der Waals surface area contributed by atoms with Gasteiger partial charge in [-0.05, 0) is 46.5 Å². The normalized spacial score (nSPS) is 10.3. The van der Waals surface area contributed by atoms with Gasteiger partial charge in [-0.3, -0.25) is 0 Å². The van der Waals surface area contributed by atoms with Crippen molar-refractivity contribution in [1.82, 2.24) is 0 Å². The summed E-state index contributed by atoms with van der Waals surface area (Å²) < 4.78 is 21.2. The van der Waals surface area contributed by atoms with Crippen LogP contribution >= 0.6 is 0 Å². The summed E-state index contributed by atoms with van der Waals surface area (Å²) in [6.45, 7) is 0. The number of rotatable bonds is 8. The highest BCUT2D eigenvalue weighted by Gasteiger charge is 2.19. The van der Waals surface area contributed by atoms with Crippen LogP contribution in [0.1, 0.15) is 22.3 Å². The molecular formula is C68H44N4O8. The van der Waals surface area contributed by atoms with Crippen molar-refractivity contribution in [2.45, 2.75) is 25.7 Å². The van der Waals surface area contributed by atoms with E-state index >= 15 is 0 Å². The lowest BCUT2D eigenvalue weighted by molar-refractivity contribution is 0.553. The molecule has 0 aliphatic carbocycles. The molecule has 12 aromatic rings. The van der Waals surface area contributed by atoms with Gasteiger partial charge in [0.05, 0.1) is 72.2 Å². The molecule has 0 atom stereocenters. The summed E-state index contributed by atoms with van der Waals surface area (Å²) in [6, 6.07) is 76.1. The molecule has 12 nitrogen and oxygen atoms in total. The van der Waals surface area contributed by atoms with Crippen molar-refractivity contribution < 1.29 is 17.7 Å². The number of nitriles is 4. The first-order valence-corrected chi connectivity index (χ1v) is 25.1. The second-order valence-corrected chi connectivity index (χ2v) is 17.8. The van der Waals surface area contributed by atoms with Crippen LogP contribution in [0.15, 0.2) is 255 Å². The maximum Gasteiger partial charge on any atom is 0.341 e.